The molecule has 1 aromatic carbocycles. The number of carbonyl (C=O) groups excluding carboxylic acids is 1. The molecule has 5 heteroatoms. The molecule has 0 heterocycles. The van der Waals surface area contributed by atoms with Crippen LogP contribution in [-0.4, -0.2) is 23.5 Å². The summed E-state index contributed by atoms with van der Waals surface area (Å²) in [7, 11) is 0. The number of nitrogens with two attached hydrogens (primary N) is 1. The largest absolute Gasteiger partial charge is 0.481 e. The molecule has 5 nitrogen and oxygen atoms in total. The van der Waals surface area contributed by atoms with E-state index in [9.17, 15) is 9.59 Å². The van der Waals surface area contributed by atoms with Crippen molar-refractivity contribution in [2.24, 2.45) is 17.6 Å². The number of aliphatic carboxylic acids is 1. The molecule has 0 aromatic heterocycles. The fourth-order valence-corrected chi connectivity index (χ4v) is 2.35. The number of benzene rings is 1. The van der Waals surface area contributed by atoms with Crippen LogP contribution in [0.4, 0.5) is 5.69 Å². The van der Waals surface area contributed by atoms with Gasteiger partial charge in [-0.1, -0.05) is 32.0 Å². The quantitative estimate of drug-likeness (QED) is 0.685. The molecule has 1 unspecified atom stereocenters. The van der Waals surface area contributed by atoms with Crippen LogP contribution in [-0.2, 0) is 16.0 Å². The standard InChI is InChI=1S/C16H24N2O3/c1-11(2)7-12(10-17)8-15(19)18-14-6-4-3-5-13(14)9-16(20)21/h3-6,11-12H,7-10,17H2,1-2H3,(H,18,19)(H,20,21). The van der Waals surface area contributed by atoms with Crippen molar-refractivity contribution in [2.75, 3.05) is 11.9 Å². The van der Waals surface area contributed by atoms with Crippen molar-refractivity contribution in [3.63, 3.8) is 0 Å². The molecule has 0 bridgehead atoms. The topological polar surface area (TPSA) is 92.4 Å². The molecule has 1 atom stereocenters. The molecule has 4 N–H and O–H groups in total. The van der Waals surface area contributed by atoms with E-state index in [0.29, 0.717) is 30.1 Å². The Morgan fingerprint density at radius 1 is 1.29 bits per heavy atom. The number of hydrogen-bond acceptors (Lipinski definition) is 3. The van der Waals surface area contributed by atoms with Crippen molar-refractivity contribution in [2.45, 2.75) is 33.1 Å². The highest BCUT2D eigenvalue weighted by Gasteiger charge is 2.15. The summed E-state index contributed by atoms with van der Waals surface area (Å²) in [5.74, 6) is -0.400. The summed E-state index contributed by atoms with van der Waals surface area (Å²) >= 11 is 0. The van der Waals surface area contributed by atoms with Gasteiger partial charge in [-0.3, -0.25) is 9.59 Å². The van der Waals surface area contributed by atoms with Gasteiger partial charge in [0.15, 0.2) is 0 Å². The predicted octanol–water partition coefficient (Wildman–Crippen LogP) is 2.26. The minimum absolute atomic E-state index is 0.108. The Kier molecular flexibility index (Phi) is 6.88. The van der Waals surface area contributed by atoms with E-state index in [1.165, 1.54) is 0 Å². The van der Waals surface area contributed by atoms with Gasteiger partial charge in [-0.25, -0.2) is 0 Å². The van der Waals surface area contributed by atoms with Crippen molar-refractivity contribution in [3.05, 3.63) is 29.8 Å². The van der Waals surface area contributed by atoms with E-state index in [4.69, 9.17) is 10.8 Å². The summed E-state index contributed by atoms with van der Waals surface area (Å²) < 4.78 is 0. The van der Waals surface area contributed by atoms with Gasteiger partial charge in [-0.15, -0.1) is 0 Å². The minimum Gasteiger partial charge on any atom is -0.481 e. The second kappa shape index (κ2) is 8.42. The van der Waals surface area contributed by atoms with E-state index in [0.717, 1.165) is 6.42 Å². The molecule has 0 fully saturated rings. The Morgan fingerprint density at radius 3 is 2.52 bits per heavy atom. The first-order valence-corrected chi connectivity index (χ1v) is 7.22. The van der Waals surface area contributed by atoms with Crippen molar-refractivity contribution in [1.29, 1.82) is 0 Å². The lowest BCUT2D eigenvalue weighted by Crippen LogP contribution is -2.24. The first kappa shape index (κ1) is 17.2. The fourth-order valence-electron chi connectivity index (χ4n) is 2.35. The van der Waals surface area contributed by atoms with Crippen molar-refractivity contribution in [3.8, 4) is 0 Å². The van der Waals surface area contributed by atoms with Crippen LogP contribution in [0, 0.1) is 11.8 Å². The van der Waals surface area contributed by atoms with Crippen LogP contribution >= 0.6 is 0 Å². The van der Waals surface area contributed by atoms with Gasteiger partial charge in [-0.05, 0) is 36.4 Å². The van der Waals surface area contributed by atoms with Crippen molar-refractivity contribution >= 4 is 17.6 Å². The molecular formula is C16H24N2O3. The maximum absolute atomic E-state index is 12.1. The molecular weight excluding hydrogens is 268 g/mol. The number of carbonyl (C=O) groups is 2. The van der Waals surface area contributed by atoms with Gasteiger partial charge in [0.2, 0.25) is 5.91 Å². The second-order valence-corrected chi connectivity index (χ2v) is 5.71. The summed E-state index contributed by atoms with van der Waals surface area (Å²) in [6, 6.07) is 6.96. The van der Waals surface area contributed by atoms with Gasteiger partial charge in [-0.2, -0.15) is 0 Å². The average molecular weight is 292 g/mol. The first-order chi connectivity index (χ1) is 9.92. The number of anilines is 1. The van der Waals surface area contributed by atoms with Crippen LogP contribution in [0.3, 0.4) is 0 Å². The van der Waals surface area contributed by atoms with Gasteiger partial charge >= 0.3 is 5.97 Å². The molecule has 116 valence electrons. The highest BCUT2D eigenvalue weighted by Crippen LogP contribution is 2.19. The summed E-state index contributed by atoms with van der Waals surface area (Å²) in [4.78, 5) is 22.9. The maximum Gasteiger partial charge on any atom is 0.307 e. The van der Waals surface area contributed by atoms with Gasteiger partial charge in [0, 0.05) is 12.1 Å². The lowest BCUT2D eigenvalue weighted by atomic mass is 9.94. The van der Waals surface area contributed by atoms with Crippen molar-refractivity contribution in [1.82, 2.24) is 0 Å². The van der Waals surface area contributed by atoms with Crippen LogP contribution in [0.15, 0.2) is 24.3 Å². The summed E-state index contributed by atoms with van der Waals surface area (Å²) in [5, 5.41) is 11.7. The van der Waals surface area contributed by atoms with E-state index in [-0.39, 0.29) is 18.2 Å². The molecule has 0 aliphatic carbocycles. The maximum atomic E-state index is 12.1. The molecule has 21 heavy (non-hydrogen) atoms. The molecule has 1 aromatic rings. The van der Waals surface area contributed by atoms with Crippen LogP contribution < -0.4 is 11.1 Å². The van der Waals surface area contributed by atoms with E-state index >= 15 is 0 Å². The number of para-hydroxylation sites is 1. The summed E-state index contributed by atoms with van der Waals surface area (Å²) in [6.07, 6.45) is 1.15. The lowest BCUT2D eigenvalue weighted by molar-refractivity contribution is -0.136. The Hall–Kier alpha value is -1.88. The van der Waals surface area contributed by atoms with Crippen LogP contribution in [0.2, 0.25) is 0 Å². The Bertz CT molecular complexity index is 486. The number of nitrogens with one attached hydrogen (secondary N) is 1. The van der Waals surface area contributed by atoms with Crippen LogP contribution in [0.1, 0.15) is 32.3 Å². The zero-order valence-corrected chi connectivity index (χ0v) is 12.6. The zero-order chi connectivity index (χ0) is 15.8. The highest BCUT2D eigenvalue weighted by molar-refractivity contribution is 5.92. The number of amides is 1. The first-order valence-electron chi connectivity index (χ1n) is 7.22. The van der Waals surface area contributed by atoms with Gasteiger partial charge < -0.3 is 16.2 Å². The van der Waals surface area contributed by atoms with Crippen LogP contribution in [0.25, 0.3) is 0 Å². The number of rotatable bonds is 8. The zero-order valence-electron chi connectivity index (χ0n) is 12.6. The third-order valence-corrected chi connectivity index (χ3v) is 3.25. The number of carboxylic acid groups (broad SMARTS) is 1. The highest BCUT2D eigenvalue weighted by atomic mass is 16.4. The third kappa shape index (κ3) is 6.40. The number of hydrogen-bond donors (Lipinski definition) is 3. The van der Waals surface area contributed by atoms with Gasteiger partial charge in [0.1, 0.15) is 0 Å². The molecule has 0 saturated heterocycles. The average Bonchev–Trinajstić information content (AvgIpc) is 2.39. The number of carboxylic acids is 1. The predicted molar refractivity (Wildman–Crippen MR) is 83.0 cm³/mol. The Balaban J connectivity index is 2.68. The summed E-state index contributed by atoms with van der Waals surface area (Å²) in [5.41, 5.74) is 6.86. The molecule has 0 saturated carbocycles. The normalized spacial score (nSPS) is 12.2. The van der Waals surface area contributed by atoms with E-state index in [1.807, 2.05) is 0 Å². The molecule has 1 rings (SSSR count). The minimum atomic E-state index is -0.920. The smallest absolute Gasteiger partial charge is 0.307 e. The third-order valence-electron chi connectivity index (χ3n) is 3.25. The molecule has 0 aliphatic rings. The van der Waals surface area contributed by atoms with Crippen molar-refractivity contribution < 1.29 is 14.7 Å². The van der Waals surface area contributed by atoms with E-state index < -0.39 is 5.97 Å². The molecule has 0 radical (unpaired) electrons. The Morgan fingerprint density at radius 2 is 1.95 bits per heavy atom. The SMILES string of the molecule is CC(C)CC(CN)CC(=O)Nc1ccccc1CC(=O)O. The lowest BCUT2D eigenvalue weighted by Gasteiger charge is -2.17. The van der Waals surface area contributed by atoms with Gasteiger partial charge in [0.05, 0.1) is 6.42 Å². The molecule has 1 amide bonds. The second-order valence-electron chi connectivity index (χ2n) is 5.71. The van der Waals surface area contributed by atoms with E-state index in [2.05, 4.69) is 19.2 Å². The van der Waals surface area contributed by atoms with E-state index in [1.54, 1.807) is 24.3 Å². The fraction of sp³-hybridized carbons (Fsp3) is 0.500. The molecule has 0 aliphatic heterocycles. The molecule has 0 spiro atoms. The van der Waals surface area contributed by atoms with Gasteiger partial charge in [0.25, 0.3) is 0 Å². The Labute approximate surface area is 125 Å². The van der Waals surface area contributed by atoms with Crippen LogP contribution in [0.5, 0.6) is 0 Å². The monoisotopic (exact) mass is 292 g/mol. The summed E-state index contributed by atoms with van der Waals surface area (Å²) in [6.45, 7) is 4.67.